The molecule has 1 aromatic rings. The number of esters is 1. The topological polar surface area (TPSA) is 51.7 Å². The van der Waals surface area contributed by atoms with Crippen molar-refractivity contribution in [1.82, 2.24) is 4.98 Å². The maximum atomic E-state index is 11.5. The Kier molecular flexibility index (Phi) is 4.04. The Bertz CT molecular complexity index is 453. The second kappa shape index (κ2) is 5.54. The van der Waals surface area contributed by atoms with Gasteiger partial charge in [-0.3, -0.25) is 0 Å². The molecule has 1 fully saturated rings. The van der Waals surface area contributed by atoms with Crippen LogP contribution in [0.2, 0.25) is 5.02 Å². The minimum atomic E-state index is -0.486. The van der Waals surface area contributed by atoms with Crippen LogP contribution in [-0.4, -0.2) is 43.9 Å². The number of pyridine rings is 1. The third-order valence-electron chi connectivity index (χ3n) is 2.83. The van der Waals surface area contributed by atoms with Gasteiger partial charge < -0.3 is 14.4 Å². The number of aromatic nitrogens is 1. The molecule has 1 aliphatic heterocycles. The summed E-state index contributed by atoms with van der Waals surface area (Å²) in [5, 5.41) is 0.471. The van der Waals surface area contributed by atoms with Crippen molar-refractivity contribution in [3.63, 3.8) is 0 Å². The zero-order valence-electron chi connectivity index (χ0n) is 10.4. The minimum Gasteiger partial charge on any atom is -0.464 e. The Labute approximate surface area is 111 Å². The van der Waals surface area contributed by atoms with E-state index >= 15 is 0 Å². The van der Waals surface area contributed by atoms with Gasteiger partial charge in [-0.2, -0.15) is 0 Å². The molecule has 0 N–H and O–H groups in total. The predicted octanol–water partition coefficient (Wildman–Crippen LogP) is 1.75. The predicted molar refractivity (Wildman–Crippen MR) is 68.2 cm³/mol. The van der Waals surface area contributed by atoms with Crippen LogP contribution < -0.4 is 4.90 Å². The number of carbonyl (C=O) groups is 1. The molecule has 0 aromatic carbocycles. The van der Waals surface area contributed by atoms with Crippen molar-refractivity contribution >= 4 is 23.4 Å². The zero-order chi connectivity index (χ0) is 13.1. The first kappa shape index (κ1) is 13.1. The molecule has 1 unspecified atom stereocenters. The standard InChI is InChI=1S/C12H15ClN2O3/c1-8-7-18-4-3-15(8)11-6-9(13)5-10(14-11)12(16)17-2/h5-6,8H,3-4,7H2,1-2H3. The van der Waals surface area contributed by atoms with E-state index in [2.05, 4.69) is 14.6 Å². The van der Waals surface area contributed by atoms with Crippen molar-refractivity contribution in [3.05, 3.63) is 22.8 Å². The van der Waals surface area contributed by atoms with E-state index in [-0.39, 0.29) is 11.7 Å². The highest BCUT2D eigenvalue weighted by Crippen LogP contribution is 2.22. The largest absolute Gasteiger partial charge is 0.464 e. The highest BCUT2D eigenvalue weighted by molar-refractivity contribution is 6.31. The first-order valence-corrected chi connectivity index (χ1v) is 6.10. The number of nitrogens with zero attached hydrogens (tertiary/aromatic N) is 2. The van der Waals surface area contributed by atoms with Gasteiger partial charge >= 0.3 is 5.97 Å². The van der Waals surface area contributed by atoms with Gasteiger partial charge in [0.25, 0.3) is 0 Å². The summed E-state index contributed by atoms with van der Waals surface area (Å²) < 4.78 is 10.0. The third-order valence-corrected chi connectivity index (χ3v) is 3.05. The quantitative estimate of drug-likeness (QED) is 0.767. The molecule has 0 bridgehead atoms. The van der Waals surface area contributed by atoms with E-state index in [9.17, 15) is 4.79 Å². The van der Waals surface area contributed by atoms with Crippen LogP contribution in [0, 0.1) is 0 Å². The van der Waals surface area contributed by atoms with E-state index in [4.69, 9.17) is 16.3 Å². The summed E-state index contributed by atoms with van der Waals surface area (Å²) in [5.41, 5.74) is 0.221. The molecular weight excluding hydrogens is 256 g/mol. The van der Waals surface area contributed by atoms with Crippen molar-refractivity contribution in [2.24, 2.45) is 0 Å². The molecule has 6 heteroatoms. The van der Waals surface area contributed by atoms with Gasteiger partial charge in [0.05, 0.1) is 26.4 Å². The van der Waals surface area contributed by atoms with Crippen LogP contribution in [-0.2, 0) is 9.47 Å². The van der Waals surface area contributed by atoms with E-state index in [0.29, 0.717) is 24.1 Å². The van der Waals surface area contributed by atoms with Crippen LogP contribution in [0.1, 0.15) is 17.4 Å². The van der Waals surface area contributed by atoms with Gasteiger partial charge in [-0.25, -0.2) is 9.78 Å². The maximum absolute atomic E-state index is 11.5. The van der Waals surface area contributed by atoms with Crippen molar-refractivity contribution < 1.29 is 14.3 Å². The van der Waals surface area contributed by atoms with Gasteiger partial charge in [-0.15, -0.1) is 0 Å². The Morgan fingerprint density at radius 2 is 2.39 bits per heavy atom. The molecule has 1 aliphatic rings. The third kappa shape index (κ3) is 2.73. The van der Waals surface area contributed by atoms with Crippen LogP contribution in [0.4, 0.5) is 5.82 Å². The molecule has 2 heterocycles. The number of carbonyl (C=O) groups excluding carboxylic acids is 1. The van der Waals surface area contributed by atoms with E-state index in [1.807, 2.05) is 6.92 Å². The Balaban J connectivity index is 2.32. The smallest absolute Gasteiger partial charge is 0.356 e. The van der Waals surface area contributed by atoms with Crippen molar-refractivity contribution in [2.75, 3.05) is 31.8 Å². The molecule has 2 rings (SSSR count). The van der Waals surface area contributed by atoms with Gasteiger partial charge in [0.1, 0.15) is 5.82 Å². The molecule has 1 aromatic heterocycles. The van der Waals surface area contributed by atoms with Crippen molar-refractivity contribution in [2.45, 2.75) is 13.0 Å². The van der Waals surface area contributed by atoms with Crippen molar-refractivity contribution in [3.8, 4) is 0 Å². The Morgan fingerprint density at radius 3 is 3.06 bits per heavy atom. The average molecular weight is 271 g/mol. The van der Waals surface area contributed by atoms with Crippen LogP contribution >= 0.6 is 11.6 Å². The summed E-state index contributed by atoms with van der Waals surface area (Å²) in [4.78, 5) is 17.9. The lowest BCUT2D eigenvalue weighted by Crippen LogP contribution is -2.44. The van der Waals surface area contributed by atoms with E-state index < -0.39 is 5.97 Å². The van der Waals surface area contributed by atoms with Crippen LogP contribution in [0.5, 0.6) is 0 Å². The summed E-state index contributed by atoms with van der Waals surface area (Å²) in [6, 6.07) is 3.45. The number of hydrogen-bond donors (Lipinski definition) is 0. The number of anilines is 1. The maximum Gasteiger partial charge on any atom is 0.356 e. The molecular formula is C12H15ClN2O3. The molecule has 98 valence electrons. The lowest BCUT2D eigenvalue weighted by Gasteiger charge is -2.34. The normalized spacial score (nSPS) is 19.7. The molecule has 0 radical (unpaired) electrons. The SMILES string of the molecule is COC(=O)c1cc(Cl)cc(N2CCOCC2C)n1. The number of halogens is 1. The first-order valence-electron chi connectivity index (χ1n) is 5.72. The number of ether oxygens (including phenoxy) is 2. The number of methoxy groups -OCH3 is 1. The van der Waals surface area contributed by atoms with Crippen LogP contribution in [0.3, 0.4) is 0 Å². The highest BCUT2D eigenvalue weighted by atomic mass is 35.5. The van der Waals surface area contributed by atoms with Crippen LogP contribution in [0.25, 0.3) is 0 Å². The monoisotopic (exact) mass is 270 g/mol. The average Bonchev–Trinajstić information content (AvgIpc) is 2.37. The van der Waals surface area contributed by atoms with Crippen molar-refractivity contribution in [1.29, 1.82) is 0 Å². The second-order valence-electron chi connectivity index (χ2n) is 4.14. The number of hydrogen-bond acceptors (Lipinski definition) is 5. The lowest BCUT2D eigenvalue weighted by molar-refractivity contribution is 0.0594. The highest BCUT2D eigenvalue weighted by Gasteiger charge is 2.22. The first-order chi connectivity index (χ1) is 8.61. The molecule has 0 saturated carbocycles. The number of rotatable bonds is 2. The molecule has 0 amide bonds. The Morgan fingerprint density at radius 1 is 1.61 bits per heavy atom. The summed E-state index contributed by atoms with van der Waals surface area (Å²) in [6.07, 6.45) is 0. The molecule has 5 nitrogen and oxygen atoms in total. The summed E-state index contributed by atoms with van der Waals surface area (Å²) in [6.45, 7) is 4.06. The van der Waals surface area contributed by atoms with Gasteiger partial charge in [0.2, 0.25) is 0 Å². The van der Waals surface area contributed by atoms with Gasteiger partial charge in [-0.05, 0) is 19.1 Å². The lowest BCUT2D eigenvalue weighted by atomic mass is 10.2. The fourth-order valence-electron chi connectivity index (χ4n) is 1.91. The molecule has 1 atom stereocenters. The van der Waals surface area contributed by atoms with Gasteiger partial charge in [0.15, 0.2) is 5.69 Å². The van der Waals surface area contributed by atoms with E-state index in [1.54, 1.807) is 6.07 Å². The van der Waals surface area contributed by atoms with E-state index in [1.165, 1.54) is 13.2 Å². The zero-order valence-corrected chi connectivity index (χ0v) is 11.1. The summed E-state index contributed by atoms with van der Waals surface area (Å²) >= 11 is 6.01. The van der Waals surface area contributed by atoms with Gasteiger partial charge in [0, 0.05) is 11.6 Å². The van der Waals surface area contributed by atoms with E-state index in [0.717, 1.165) is 6.54 Å². The molecule has 0 aliphatic carbocycles. The molecule has 1 saturated heterocycles. The molecule has 18 heavy (non-hydrogen) atoms. The fraction of sp³-hybridized carbons (Fsp3) is 0.500. The fourth-order valence-corrected chi connectivity index (χ4v) is 2.11. The van der Waals surface area contributed by atoms with Crippen LogP contribution in [0.15, 0.2) is 12.1 Å². The molecule has 0 spiro atoms. The summed E-state index contributed by atoms with van der Waals surface area (Å²) in [7, 11) is 1.32. The summed E-state index contributed by atoms with van der Waals surface area (Å²) in [5.74, 6) is 0.193. The minimum absolute atomic E-state index is 0.204. The second-order valence-corrected chi connectivity index (χ2v) is 4.57. The van der Waals surface area contributed by atoms with Gasteiger partial charge in [-0.1, -0.05) is 11.6 Å². The number of morpholine rings is 1. The Hall–Kier alpha value is -1.33.